The standard InChI is InChI=1S/C27H41N7S/c1-5-34(6-2)22-17-15-21(16-18-22)30-27(35)29-20-13-11-19(12-14-20)28-26-31-24-10-8-7-9-23(24)25(32-26)33(3)4/h15-20H,5-14H2,1-4H3,(H,28,31,32)(H2,29,30,35)/t19-,20+. The van der Waals surface area contributed by atoms with Gasteiger partial charge in [0.1, 0.15) is 5.82 Å². The number of fused-ring (bicyclic) bond motifs is 1. The summed E-state index contributed by atoms with van der Waals surface area (Å²) < 4.78 is 0. The van der Waals surface area contributed by atoms with E-state index in [1.54, 1.807) is 0 Å². The fourth-order valence-corrected chi connectivity index (χ4v) is 5.55. The maximum Gasteiger partial charge on any atom is 0.225 e. The smallest absolute Gasteiger partial charge is 0.225 e. The van der Waals surface area contributed by atoms with E-state index in [4.69, 9.17) is 22.2 Å². The van der Waals surface area contributed by atoms with Crippen molar-refractivity contribution in [3.8, 4) is 0 Å². The molecule has 1 aromatic carbocycles. The van der Waals surface area contributed by atoms with E-state index in [-0.39, 0.29) is 0 Å². The average molecular weight is 496 g/mol. The van der Waals surface area contributed by atoms with Gasteiger partial charge in [-0.15, -0.1) is 0 Å². The number of aromatic nitrogens is 2. The van der Waals surface area contributed by atoms with Crippen LogP contribution in [-0.4, -0.2) is 54.3 Å². The van der Waals surface area contributed by atoms with Crippen molar-refractivity contribution >= 4 is 40.5 Å². The van der Waals surface area contributed by atoms with Gasteiger partial charge in [0.05, 0.1) is 5.69 Å². The van der Waals surface area contributed by atoms with Crippen LogP contribution in [0.3, 0.4) is 0 Å². The van der Waals surface area contributed by atoms with Crippen molar-refractivity contribution in [2.75, 3.05) is 47.6 Å². The summed E-state index contributed by atoms with van der Waals surface area (Å²) in [4.78, 5) is 14.2. The summed E-state index contributed by atoms with van der Waals surface area (Å²) in [6.45, 7) is 6.38. The molecule has 2 aromatic rings. The lowest BCUT2D eigenvalue weighted by Crippen LogP contribution is -2.42. The topological polar surface area (TPSA) is 68.3 Å². The molecule has 0 unspecified atom stereocenters. The van der Waals surface area contributed by atoms with Crippen LogP contribution in [0.4, 0.5) is 23.1 Å². The van der Waals surface area contributed by atoms with Gasteiger partial charge < -0.3 is 25.8 Å². The van der Waals surface area contributed by atoms with E-state index < -0.39 is 0 Å². The number of hydrogen-bond acceptors (Lipinski definition) is 6. The van der Waals surface area contributed by atoms with Crippen molar-refractivity contribution < 1.29 is 0 Å². The fourth-order valence-electron chi connectivity index (χ4n) is 5.27. The van der Waals surface area contributed by atoms with E-state index in [9.17, 15) is 0 Å². The summed E-state index contributed by atoms with van der Waals surface area (Å²) in [7, 11) is 4.16. The Morgan fingerprint density at radius 2 is 1.60 bits per heavy atom. The van der Waals surface area contributed by atoms with Crippen LogP contribution in [0.5, 0.6) is 0 Å². The molecule has 8 heteroatoms. The molecule has 0 saturated heterocycles. The lowest BCUT2D eigenvalue weighted by Gasteiger charge is -2.31. The monoisotopic (exact) mass is 495 g/mol. The quantitative estimate of drug-likeness (QED) is 0.443. The maximum absolute atomic E-state index is 5.60. The zero-order valence-electron chi connectivity index (χ0n) is 21.7. The molecule has 3 N–H and O–H groups in total. The van der Waals surface area contributed by atoms with Crippen LogP contribution in [0.15, 0.2) is 24.3 Å². The first-order chi connectivity index (χ1) is 17.0. The predicted octanol–water partition coefficient (Wildman–Crippen LogP) is 4.98. The normalized spacial score (nSPS) is 19.4. The molecule has 1 aromatic heterocycles. The van der Waals surface area contributed by atoms with Gasteiger partial charge >= 0.3 is 0 Å². The first-order valence-electron chi connectivity index (χ1n) is 13.2. The first-order valence-corrected chi connectivity index (χ1v) is 13.6. The maximum atomic E-state index is 5.60. The van der Waals surface area contributed by atoms with Gasteiger partial charge in [-0.1, -0.05) is 0 Å². The van der Waals surface area contributed by atoms with E-state index >= 15 is 0 Å². The molecule has 0 atom stereocenters. The van der Waals surface area contributed by atoms with Gasteiger partial charge in [0.15, 0.2) is 5.11 Å². The minimum absolute atomic E-state index is 0.393. The molecule has 0 radical (unpaired) electrons. The van der Waals surface area contributed by atoms with Crippen LogP contribution in [0.2, 0.25) is 0 Å². The van der Waals surface area contributed by atoms with Crippen molar-refractivity contribution in [2.45, 2.75) is 77.3 Å². The minimum Gasteiger partial charge on any atom is -0.372 e. The summed E-state index contributed by atoms with van der Waals surface area (Å²) in [5, 5.41) is 11.2. The van der Waals surface area contributed by atoms with Gasteiger partial charge in [-0.25, -0.2) is 4.98 Å². The van der Waals surface area contributed by atoms with Crippen molar-refractivity contribution in [1.82, 2.24) is 15.3 Å². The number of rotatable bonds is 8. The molecule has 1 saturated carbocycles. The number of nitrogens with zero attached hydrogens (tertiary/aromatic N) is 4. The molecule has 0 spiro atoms. The third kappa shape index (κ3) is 6.54. The number of hydrogen-bond donors (Lipinski definition) is 3. The molecule has 190 valence electrons. The van der Waals surface area contributed by atoms with Crippen molar-refractivity contribution in [1.29, 1.82) is 0 Å². The molecule has 0 bridgehead atoms. The van der Waals surface area contributed by atoms with Gasteiger partial charge in [-0.3, -0.25) is 0 Å². The van der Waals surface area contributed by atoms with E-state index in [1.807, 2.05) is 0 Å². The van der Waals surface area contributed by atoms with Crippen LogP contribution in [0.25, 0.3) is 0 Å². The third-order valence-corrected chi connectivity index (χ3v) is 7.45. The molecule has 0 aliphatic heterocycles. The first kappa shape index (κ1) is 25.5. The Balaban J connectivity index is 1.26. The predicted molar refractivity (Wildman–Crippen MR) is 152 cm³/mol. The van der Waals surface area contributed by atoms with E-state index in [2.05, 4.69) is 78.0 Å². The summed E-state index contributed by atoms with van der Waals surface area (Å²) in [6.07, 6.45) is 8.92. The van der Waals surface area contributed by atoms with Crippen LogP contribution in [0, 0.1) is 0 Å². The minimum atomic E-state index is 0.393. The SMILES string of the molecule is CCN(CC)c1ccc(NC(=S)N[C@H]2CC[C@@H](Nc3nc4c(c(N(C)C)n3)CCCC4)CC2)cc1. The molecule has 1 fully saturated rings. The highest BCUT2D eigenvalue weighted by atomic mass is 32.1. The van der Waals surface area contributed by atoms with Crippen molar-refractivity contribution in [3.63, 3.8) is 0 Å². The van der Waals surface area contributed by atoms with Gasteiger partial charge in [-0.2, -0.15) is 4.98 Å². The largest absolute Gasteiger partial charge is 0.372 e. The lowest BCUT2D eigenvalue weighted by molar-refractivity contribution is 0.387. The van der Waals surface area contributed by atoms with Crippen LogP contribution < -0.4 is 25.8 Å². The molecular formula is C27H41N7S. The Hall–Kier alpha value is -2.61. The Kier molecular flexibility index (Phi) is 8.65. The van der Waals surface area contributed by atoms with Crippen LogP contribution in [0.1, 0.15) is 63.6 Å². The molecule has 2 aliphatic carbocycles. The molecule has 0 amide bonds. The highest BCUT2D eigenvalue weighted by Crippen LogP contribution is 2.29. The Morgan fingerprint density at radius 3 is 2.26 bits per heavy atom. The second kappa shape index (κ2) is 11.9. The second-order valence-corrected chi connectivity index (χ2v) is 10.3. The molecule has 1 heterocycles. The molecule has 4 rings (SSSR count). The Bertz CT molecular complexity index is 980. The summed E-state index contributed by atoms with van der Waals surface area (Å²) in [6, 6.07) is 9.30. The number of thiocarbonyl (C=S) groups is 1. The number of nitrogens with one attached hydrogen (secondary N) is 3. The van der Waals surface area contributed by atoms with Gasteiger partial charge in [-0.05, 0) is 102 Å². The average Bonchev–Trinajstić information content (AvgIpc) is 2.86. The van der Waals surface area contributed by atoms with E-state index in [1.165, 1.54) is 29.8 Å². The Labute approximate surface area is 216 Å². The second-order valence-electron chi connectivity index (χ2n) is 9.91. The fraction of sp³-hybridized carbons (Fsp3) is 0.593. The van der Waals surface area contributed by atoms with Gasteiger partial charge in [0.2, 0.25) is 5.95 Å². The number of aryl methyl sites for hydroxylation is 1. The molecule has 7 nitrogen and oxygen atoms in total. The molecule has 2 aliphatic rings. The number of anilines is 4. The highest BCUT2D eigenvalue weighted by molar-refractivity contribution is 7.80. The van der Waals surface area contributed by atoms with Crippen LogP contribution >= 0.6 is 12.2 Å². The van der Waals surface area contributed by atoms with Gasteiger partial charge in [0, 0.05) is 56.2 Å². The summed E-state index contributed by atoms with van der Waals surface area (Å²) in [5.41, 5.74) is 4.83. The van der Waals surface area contributed by atoms with E-state index in [0.29, 0.717) is 17.2 Å². The number of benzene rings is 1. The Morgan fingerprint density at radius 1 is 0.943 bits per heavy atom. The van der Waals surface area contributed by atoms with Crippen LogP contribution in [-0.2, 0) is 12.8 Å². The molecular weight excluding hydrogens is 454 g/mol. The van der Waals surface area contributed by atoms with Crippen molar-refractivity contribution in [2.24, 2.45) is 0 Å². The van der Waals surface area contributed by atoms with Crippen molar-refractivity contribution in [3.05, 3.63) is 35.5 Å². The molecule has 35 heavy (non-hydrogen) atoms. The lowest BCUT2D eigenvalue weighted by atomic mass is 9.91. The summed E-state index contributed by atoms with van der Waals surface area (Å²) >= 11 is 5.60. The zero-order chi connectivity index (χ0) is 24.8. The zero-order valence-corrected chi connectivity index (χ0v) is 22.5. The van der Waals surface area contributed by atoms with E-state index in [0.717, 1.165) is 69.1 Å². The van der Waals surface area contributed by atoms with Gasteiger partial charge in [0.25, 0.3) is 0 Å². The third-order valence-electron chi connectivity index (χ3n) is 7.23. The highest BCUT2D eigenvalue weighted by Gasteiger charge is 2.24. The summed E-state index contributed by atoms with van der Waals surface area (Å²) in [5.74, 6) is 1.87.